The Bertz CT molecular complexity index is 531. The first kappa shape index (κ1) is 12.4. The highest BCUT2D eigenvalue weighted by atomic mass is 16.5. The fraction of sp³-hybridized carbons (Fsp3) is 0.312. The Morgan fingerprint density at radius 2 is 2.11 bits per heavy atom. The van der Waals surface area contributed by atoms with Crippen molar-refractivity contribution in [2.75, 3.05) is 0 Å². The number of allylic oxidation sites excluding steroid dienone is 2. The number of esters is 1. The molecule has 1 unspecified atom stereocenters. The topological polar surface area (TPSA) is 26.3 Å². The predicted molar refractivity (Wildman–Crippen MR) is 70.7 cm³/mol. The lowest BCUT2D eigenvalue weighted by Crippen LogP contribution is -2.31. The van der Waals surface area contributed by atoms with E-state index in [1.807, 2.05) is 43.3 Å². The largest absolute Gasteiger partial charge is 0.431 e. The molecule has 1 atom stereocenters. The number of hydrogen-bond acceptors (Lipinski definition) is 2. The van der Waals surface area contributed by atoms with E-state index in [0.717, 1.165) is 11.3 Å². The molecule has 1 aromatic rings. The zero-order valence-electron chi connectivity index (χ0n) is 10.7. The third-order valence-electron chi connectivity index (χ3n) is 3.31. The average molecular weight is 240 g/mol. The Hall–Kier alpha value is -2.01. The molecule has 1 aliphatic rings. The van der Waals surface area contributed by atoms with E-state index in [9.17, 15) is 4.79 Å². The Labute approximate surface area is 108 Å². The van der Waals surface area contributed by atoms with Crippen LogP contribution in [-0.4, -0.2) is 5.97 Å². The van der Waals surface area contributed by atoms with Gasteiger partial charge in [-0.1, -0.05) is 30.3 Å². The van der Waals surface area contributed by atoms with Gasteiger partial charge in [0.15, 0.2) is 0 Å². The van der Waals surface area contributed by atoms with E-state index < -0.39 is 5.41 Å². The van der Waals surface area contributed by atoms with Gasteiger partial charge < -0.3 is 4.74 Å². The molecule has 1 aliphatic heterocycles. The Morgan fingerprint density at radius 1 is 1.39 bits per heavy atom. The fourth-order valence-corrected chi connectivity index (χ4v) is 2.24. The number of rotatable bonds is 2. The van der Waals surface area contributed by atoms with Gasteiger partial charge >= 0.3 is 5.97 Å². The van der Waals surface area contributed by atoms with Crippen LogP contribution in [0.1, 0.15) is 32.3 Å². The first-order valence-corrected chi connectivity index (χ1v) is 6.05. The summed E-state index contributed by atoms with van der Waals surface area (Å²) in [6.07, 6.45) is 2.95. The molecule has 0 radical (unpaired) electrons. The van der Waals surface area contributed by atoms with Crippen molar-refractivity contribution >= 4 is 5.97 Å². The number of hydrogen-bond donors (Lipinski definition) is 0. The van der Waals surface area contributed by atoms with Crippen LogP contribution in [0.2, 0.25) is 0 Å². The molecule has 92 valence electrons. The van der Waals surface area contributed by atoms with E-state index >= 15 is 0 Å². The maximum absolute atomic E-state index is 12.2. The van der Waals surface area contributed by atoms with Crippen molar-refractivity contribution in [1.82, 2.24) is 0 Å². The fourth-order valence-electron chi connectivity index (χ4n) is 2.24. The summed E-state index contributed by atoms with van der Waals surface area (Å²) < 4.78 is 5.33. The highest BCUT2D eigenvalue weighted by Crippen LogP contribution is 2.41. The number of benzene rings is 1. The van der Waals surface area contributed by atoms with Crippen molar-refractivity contribution < 1.29 is 9.53 Å². The van der Waals surface area contributed by atoms with Crippen LogP contribution in [0.5, 0.6) is 0 Å². The first-order valence-electron chi connectivity index (χ1n) is 6.05. The molecule has 0 saturated carbocycles. The number of carbonyl (C=O) groups is 1. The standard InChI is InChI=1S/C16H16O2/c1-3-5-11-16(13-9-7-6-8-10-13)12-14(4-2)18-15(16)17/h4,6-10H,11-12H2,1-2H3/b14-4-. The molecule has 0 N–H and O–H groups in total. The molecule has 1 fully saturated rings. The monoisotopic (exact) mass is 240 g/mol. The van der Waals surface area contributed by atoms with E-state index in [1.165, 1.54) is 0 Å². The summed E-state index contributed by atoms with van der Waals surface area (Å²) in [6.45, 7) is 3.67. The van der Waals surface area contributed by atoms with Gasteiger partial charge in [-0.15, -0.1) is 11.8 Å². The zero-order chi connectivity index (χ0) is 13.0. The van der Waals surface area contributed by atoms with E-state index in [1.54, 1.807) is 6.92 Å². The third kappa shape index (κ3) is 2.04. The van der Waals surface area contributed by atoms with E-state index in [4.69, 9.17) is 4.74 Å². The molecule has 18 heavy (non-hydrogen) atoms. The Morgan fingerprint density at radius 3 is 2.67 bits per heavy atom. The van der Waals surface area contributed by atoms with Crippen molar-refractivity contribution in [3.8, 4) is 11.8 Å². The molecule has 0 amide bonds. The number of cyclic esters (lactones) is 1. The van der Waals surface area contributed by atoms with Crippen LogP contribution in [0.4, 0.5) is 0 Å². The van der Waals surface area contributed by atoms with Crippen molar-refractivity contribution in [2.24, 2.45) is 0 Å². The molecule has 1 saturated heterocycles. The molecule has 0 bridgehead atoms. The van der Waals surface area contributed by atoms with Crippen LogP contribution in [0.3, 0.4) is 0 Å². The maximum atomic E-state index is 12.2. The summed E-state index contributed by atoms with van der Waals surface area (Å²) in [4.78, 5) is 12.2. The zero-order valence-corrected chi connectivity index (χ0v) is 10.7. The van der Waals surface area contributed by atoms with Gasteiger partial charge in [0.1, 0.15) is 11.2 Å². The Kier molecular flexibility index (Phi) is 3.53. The summed E-state index contributed by atoms with van der Waals surface area (Å²) in [5.41, 5.74) is 0.348. The van der Waals surface area contributed by atoms with E-state index in [0.29, 0.717) is 12.8 Å². The molecular weight excluding hydrogens is 224 g/mol. The molecule has 0 spiro atoms. The molecule has 2 rings (SSSR count). The molecule has 2 heteroatoms. The maximum Gasteiger partial charge on any atom is 0.323 e. The summed E-state index contributed by atoms with van der Waals surface area (Å²) >= 11 is 0. The summed E-state index contributed by atoms with van der Waals surface area (Å²) in [7, 11) is 0. The van der Waals surface area contributed by atoms with Crippen molar-refractivity contribution in [2.45, 2.75) is 32.1 Å². The van der Waals surface area contributed by atoms with Gasteiger partial charge in [-0.3, -0.25) is 4.79 Å². The number of carbonyl (C=O) groups excluding carboxylic acids is 1. The number of ether oxygens (including phenoxy) is 1. The highest BCUT2D eigenvalue weighted by molar-refractivity contribution is 5.87. The van der Waals surface area contributed by atoms with Gasteiger partial charge in [-0.05, 0) is 25.5 Å². The smallest absolute Gasteiger partial charge is 0.323 e. The highest BCUT2D eigenvalue weighted by Gasteiger charge is 2.47. The van der Waals surface area contributed by atoms with Crippen LogP contribution in [0.15, 0.2) is 42.2 Å². The van der Waals surface area contributed by atoms with E-state index in [-0.39, 0.29) is 5.97 Å². The molecule has 0 aromatic heterocycles. The molecular formula is C16H16O2. The molecule has 1 aromatic carbocycles. The van der Waals surface area contributed by atoms with Crippen LogP contribution in [-0.2, 0) is 14.9 Å². The normalized spacial score (nSPS) is 24.6. The minimum atomic E-state index is -0.633. The Balaban J connectivity index is 2.47. The summed E-state index contributed by atoms with van der Waals surface area (Å²) in [6, 6.07) is 9.77. The average Bonchev–Trinajstić information content (AvgIpc) is 2.75. The van der Waals surface area contributed by atoms with Gasteiger partial charge in [0, 0.05) is 12.8 Å². The minimum absolute atomic E-state index is 0.190. The van der Waals surface area contributed by atoms with Gasteiger partial charge in [-0.25, -0.2) is 0 Å². The first-order chi connectivity index (χ1) is 8.73. The summed E-state index contributed by atoms with van der Waals surface area (Å²) in [5, 5.41) is 0. The summed E-state index contributed by atoms with van der Waals surface area (Å²) in [5.74, 6) is 6.44. The predicted octanol–water partition coefficient (Wildman–Crippen LogP) is 3.19. The third-order valence-corrected chi connectivity index (χ3v) is 3.31. The van der Waals surface area contributed by atoms with Crippen LogP contribution in [0, 0.1) is 11.8 Å². The van der Waals surface area contributed by atoms with Gasteiger partial charge in [0.2, 0.25) is 0 Å². The molecule has 2 nitrogen and oxygen atoms in total. The molecule has 1 heterocycles. The lowest BCUT2D eigenvalue weighted by molar-refractivity contribution is -0.140. The lowest BCUT2D eigenvalue weighted by atomic mass is 9.76. The van der Waals surface area contributed by atoms with Crippen molar-refractivity contribution in [1.29, 1.82) is 0 Å². The van der Waals surface area contributed by atoms with Crippen molar-refractivity contribution in [3.05, 3.63) is 47.7 Å². The van der Waals surface area contributed by atoms with Crippen LogP contribution < -0.4 is 0 Å². The van der Waals surface area contributed by atoms with Gasteiger partial charge in [0.05, 0.1) is 0 Å². The molecule has 0 aliphatic carbocycles. The second kappa shape index (κ2) is 5.10. The van der Waals surface area contributed by atoms with E-state index in [2.05, 4.69) is 11.8 Å². The lowest BCUT2D eigenvalue weighted by Gasteiger charge is -2.22. The second-order valence-electron chi connectivity index (χ2n) is 4.37. The SMILES string of the molecule is CC#CCC1(c2ccccc2)C/C(=C/C)OC1=O. The quantitative estimate of drug-likeness (QED) is 0.586. The van der Waals surface area contributed by atoms with Crippen LogP contribution >= 0.6 is 0 Å². The second-order valence-corrected chi connectivity index (χ2v) is 4.37. The van der Waals surface area contributed by atoms with Gasteiger partial charge in [0.25, 0.3) is 0 Å². The van der Waals surface area contributed by atoms with Crippen LogP contribution in [0.25, 0.3) is 0 Å². The van der Waals surface area contributed by atoms with Crippen molar-refractivity contribution in [3.63, 3.8) is 0 Å². The van der Waals surface area contributed by atoms with Gasteiger partial charge in [-0.2, -0.15) is 0 Å². The minimum Gasteiger partial charge on any atom is -0.431 e.